The van der Waals surface area contributed by atoms with E-state index in [4.69, 9.17) is 0 Å². The lowest BCUT2D eigenvalue weighted by atomic mass is 9.89. The molecular weight excluding hydrogens is 354 g/mol. The van der Waals surface area contributed by atoms with Crippen molar-refractivity contribution in [1.29, 1.82) is 0 Å². The summed E-state index contributed by atoms with van der Waals surface area (Å²) in [4.78, 5) is 16.1. The second-order valence-corrected chi connectivity index (χ2v) is 8.30. The van der Waals surface area contributed by atoms with Crippen molar-refractivity contribution in [1.82, 2.24) is 15.1 Å². The van der Waals surface area contributed by atoms with Crippen LogP contribution < -0.4 is 0 Å². The first-order valence-corrected chi connectivity index (χ1v) is 10.5. The summed E-state index contributed by atoms with van der Waals surface area (Å²) in [6, 6.07) is 12.6. The van der Waals surface area contributed by atoms with Gasteiger partial charge in [-0.3, -0.25) is 9.89 Å². The van der Waals surface area contributed by atoms with Gasteiger partial charge in [0.1, 0.15) is 0 Å². The molecule has 1 aliphatic heterocycles. The molecule has 4 rings (SSSR count). The third-order valence-electron chi connectivity index (χ3n) is 5.45. The molecule has 1 atom stereocenters. The number of rotatable bonds is 5. The fourth-order valence-electron chi connectivity index (χ4n) is 3.98. The molecule has 0 unspecified atom stereocenters. The predicted molar refractivity (Wildman–Crippen MR) is 110 cm³/mol. The van der Waals surface area contributed by atoms with Crippen LogP contribution in [0.25, 0.3) is 11.1 Å². The van der Waals surface area contributed by atoms with Crippen LogP contribution in [0.4, 0.5) is 0 Å². The first-order chi connectivity index (χ1) is 13.2. The number of hydrogen-bond donors (Lipinski definition) is 1. The lowest BCUT2D eigenvalue weighted by Gasteiger charge is -2.33. The second kappa shape index (κ2) is 8.09. The van der Waals surface area contributed by atoms with E-state index in [0.717, 1.165) is 32.4 Å². The molecule has 4 nitrogen and oxygen atoms in total. The van der Waals surface area contributed by atoms with E-state index < -0.39 is 0 Å². The maximum absolute atomic E-state index is 12.7. The monoisotopic (exact) mass is 379 g/mol. The highest BCUT2D eigenvalue weighted by Gasteiger charge is 2.27. The van der Waals surface area contributed by atoms with E-state index in [1.54, 1.807) is 11.3 Å². The molecule has 2 aromatic heterocycles. The summed E-state index contributed by atoms with van der Waals surface area (Å²) in [5, 5.41) is 9.63. The minimum Gasteiger partial charge on any atom is -0.342 e. The lowest BCUT2D eigenvalue weighted by Crippen LogP contribution is -2.39. The van der Waals surface area contributed by atoms with Crippen molar-refractivity contribution in [3.8, 4) is 11.1 Å². The predicted octanol–water partition coefficient (Wildman–Crippen LogP) is 4.79. The normalized spacial score (nSPS) is 17.2. The Morgan fingerprint density at radius 3 is 2.96 bits per heavy atom. The van der Waals surface area contributed by atoms with Crippen LogP contribution in [0, 0.1) is 6.92 Å². The number of carbonyl (C=O) groups excluding carboxylic acids is 1. The Morgan fingerprint density at radius 2 is 2.15 bits per heavy atom. The van der Waals surface area contributed by atoms with Crippen LogP contribution in [0.1, 0.15) is 41.3 Å². The highest BCUT2D eigenvalue weighted by atomic mass is 32.1. The number of hydrogen-bond acceptors (Lipinski definition) is 3. The summed E-state index contributed by atoms with van der Waals surface area (Å²) in [7, 11) is 0. The van der Waals surface area contributed by atoms with E-state index in [2.05, 4.69) is 52.8 Å². The number of aromatic amines is 1. The van der Waals surface area contributed by atoms with Crippen molar-refractivity contribution >= 4 is 17.2 Å². The Kier molecular flexibility index (Phi) is 5.39. The Morgan fingerprint density at radius 1 is 1.26 bits per heavy atom. The molecule has 3 heterocycles. The molecule has 1 N–H and O–H groups in total. The van der Waals surface area contributed by atoms with Crippen molar-refractivity contribution in [2.24, 2.45) is 0 Å². The number of benzene rings is 1. The topological polar surface area (TPSA) is 49.0 Å². The number of aromatic nitrogens is 2. The number of piperidine rings is 1. The van der Waals surface area contributed by atoms with Gasteiger partial charge in [0.05, 0.1) is 6.20 Å². The molecule has 0 bridgehead atoms. The second-order valence-electron chi connectivity index (χ2n) is 7.27. The van der Waals surface area contributed by atoms with E-state index in [9.17, 15) is 4.79 Å². The van der Waals surface area contributed by atoms with Gasteiger partial charge in [-0.1, -0.05) is 30.3 Å². The van der Waals surface area contributed by atoms with Gasteiger partial charge in [0, 0.05) is 41.6 Å². The number of aryl methyl sites for hydroxylation is 2. The van der Waals surface area contributed by atoms with E-state index >= 15 is 0 Å². The minimum absolute atomic E-state index is 0.269. The van der Waals surface area contributed by atoms with Crippen LogP contribution in [0.2, 0.25) is 0 Å². The van der Waals surface area contributed by atoms with E-state index in [-0.39, 0.29) is 5.91 Å². The van der Waals surface area contributed by atoms with Gasteiger partial charge in [-0.05, 0) is 48.8 Å². The summed E-state index contributed by atoms with van der Waals surface area (Å²) in [6.45, 7) is 3.78. The first kappa shape index (κ1) is 18.0. The summed E-state index contributed by atoms with van der Waals surface area (Å²) < 4.78 is 0. The van der Waals surface area contributed by atoms with Crippen LogP contribution >= 0.6 is 11.3 Å². The zero-order chi connectivity index (χ0) is 18.6. The molecule has 1 amide bonds. The van der Waals surface area contributed by atoms with Gasteiger partial charge in [-0.25, -0.2) is 0 Å². The highest BCUT2D eigenvalue weighted by Crippen LogP contribution is 2.34. The van der Waals surface area contributed by atoms with Crippen molar-refractivity contribution < 1.29 is 4.79 Å². The maximum atomic E-state index is 12.7. The van der Waals surface area contributed by atoms with Crippen LogP contribution in [0.15, 0.2) is 48.0 Å². The molecular formula is C22H25N3OS. The SMILES string of the molecule is Cc1ccccc1-c1cn[nH]c1[C@H]1CCCN(C(=O)CCc2cccs2)C1. The molecule has 1 aromatic carbocycles. The van der Waals surface area contributed by atoms with Gasteiger partial charge < -0.3 is 4.90 Å². The van der Waals surface area contributed by atoms with Crippen molar-refractivity contribution in [3.05, 3.63) is 64.1 Å². The van der Waals surface area contributed by atoms with E-state index in [1.807, 2.05) is 17.2 Å². The molecule has 1 saturated heterocycles. The van der Waals surface area contributed by atoms with Gasteiger partial charge in [-0.15, -0.1) is 11.3 Å². The molecule has 5 heteroatoms. The fourth-order valence-corrected chi connectivity index (χ4v) is 4.69. The molecule has 1 fully saturated rings. The Bertz CT molecular complexity index is 900. The number of carbonyl (C=O) groups is 1. The molecule has 0 saturated carbocycles. The van der Waals surface area contributed by atoms with Gasteiger partial charge in [0.2, 0.25) is 5.91 Å². The van der Waals surface area contributed by atoms with E-state index in [0.29, 0.717) is 12.3 Å². The van der Waals surface area contributed by atoms with Crippen molar-refractivity contribution in [2.45, 2.75) is 38.5 Å². The smallest absolute Gasteiger partial charge is 0.222 e. The molecule has 0 spiro atoms. The summed E-state index contributed by atoms with van der Waals surface area (Å²) in [5.41, 5.74) is 4.81. The van der Waals surface area contributed by atoms with Crippen molar-refractivity contribution in [2.75, 3.05) is 13.1 Å². The number of likely N-dealkylation sites (tertiary alicyclic amines) is 1. The number of H-pyrrole nitrogens is 1. The molecule has 3 aromatic rings. The number of nitrogens with zero attached hydrogens (tertiary/aromatic N) is 2. The third-order valence-corrected chi connectivity index (χ3v) is 6.39. The number of nitrogens with one attached hydrogen (secondary N) is 1. The molecule has 0 aliphatic carbocycles. The van der Waals surface area contributed by atoms with Crippen LogP contribution in [-0.2, 0) is 11.2 Å². The van der Waals surface area contributed by atoms with E-state index in [1.165, 1.54) is 27.3 Å². The third kappa shape index (κ3) is 3.98. The summed E-state index contributed by atoms with van der Waals surface area (Å²) >= 11 is 1.73. The van der Waals surface area contributed by atoms with Gasteiger partial charge >= 0.3 is 0 Å². The summed E-state index contributed by atoms with van der Waals surface area (Å²) in [5.74, 6) is 0.589. The zero-order valence-electron chi connectivity index (χ0n) is 15.6. The maximum Gasteiger partial charge on any atom is 0.222 e. The van der Waals surface area contributed by atoms with Crippen LogP contribution in [0.3, 0.4) is 0 Å². The lowest BCUT2D eigenvalue weighted by molar-refractivity contribution is -0.132. The quantitative estimate of drug-likeness (QED) is 0.693. The van der Waals surface area contributed by atoms with Crippen LogP contribution in [-0.4, -0.2) is 34.1 Å². The van der Waals surface area contributed by atoms with Gasteiger partial charge in [-0.2, -0.15) is 5.10 Å². The van der Waals surface area contributed by atoms with Gasteiger partial charge in [0.15, 0.2) is 0 Å². The number of amides is 1. The zero-order valence-corrected chi connectivity index (χ0v) is 16.5. The average molecular weight is 380 g/mol. The van der Waals surface area contributed by atoms with Crippen LogP contribution in [0.5, 0.6) is 0 Å². The Balaban J connectivity index is 1.47. The Labute approximate surface area is 164 Å². The largest absolute Gasteiger partial charge is 0.342 e. The molecule has 27 heavy (non-hydrogen) atoms. The molecule has 1 aliphatic rings. The van der Waals surface area contributed by atoms with Gasteiger partial charge in [0.25, 0.3) is 0 Å². The highest BCUT2D eigenvalue weighted by molar-refractivity contribution is 7.09. The number of thiophene rings is 1. The minimum atomic E-state index is 0.269. The van der Waals surface area contributed by atoms with Crippen molar-refractivity contribution in [3.63, 3.8) is 0 Å². The standard InChI is InChI=1S/C22H25N3OS/c1-16-6-2-3-9-19(16)20-14-23-24-22(20)17-7-4-12-25(15-17)21(26)11-10-18-8-5-13-27-18/h2-3,5-6,8-9,13-14,17H,4,7,10-12,15H2,1H3,(H,23,24)/t17-/m0/s1. The summed E-state index contributed by atoms with van der Waals surface area (Å²) in [6.07, 6.45) is 5.50. The average Bonchev–Trinajstić information content (AvgIpc) is 3.38. The molecule has 0 radical (unpaired) electrons. The first-order valence-electron chi connectivity index (χ1n) is 9.62. The fraction of sp³-hybridized carbons (Fsp3) is 0.364. The molecule has 140 valence electrons. The Hall–Kier alpha value is -2.40.